The van der Waals surface area contributed by atoms with Gasteiger partial charge in [-0.3, -0.25) is 0 Å². The van der Waals surface area contributed by atoms with Gasteiger partial charge in [0.05, 0.1) is 19.2 Å². The zero-order valence-corrected chi connectivity index (χ0v) is 12.1. The fourth-order valence-electron chi connectivity index (χ4n) is 2.86. The molecular weight excluding hydrogens is 250 g/mol. The van der Waals surface area contributed by atoms with E-state index in [1.54, 1.807) is 14.2 Å². The van der Waals surface area contributed by atoms with Crippen molar-refractivity contribution < 1.29 is 9.47 Å². The van der Waals surface area contributed by atoms with E-state index in [0.29, 0.717) is 16.5 Å². The first-order valence-electron chi connectivity index (χ1n) is 6.20. The molecule has 0 spiro atoms. The highest BCUT2D eigenvalue weighted by Crippen LogP contribution is 2.45. The summed E-state index contributed by atoms with van der Waals surface area (Å²) in [5.74, 6) is 1.31. The predicted molar refractivity (Wildman–Crippen MR) is 73.9 cm³/mol. The van der Waals surface area contributed by atoms with E-state index in [4.69, 9.17) is 21.1 Å². The van der Waals surface area contributed by atoms with Crippen LogP contribution in [0.1, 0.15) is 30.9 Å². The lowest BCUT2D eigenvalue weighted by atomic mass is 9.87. The van der Waals surface area contributed by atoms with Crippen molar-refractivity contribution in [2.24, 2.45) is 0 Å². The molecule has 1 atom stereocenters. The Bertz CT molecular complexity index is 454. The minimum atomic E-state index is -0.0687. The number of ether oxygens (including phenoxy) is 2. The molecule has 1 unspecified atom stereocenters. The van der Waals surface area contributed by atoms with E-state index in [9.17, 15) is 0 Å². The monoisotopic (exact) mass is 269 g/mol. The maximum Gasteiger partial charge on any atom is 0.179 e. The standard InChI is InChI=1S/C14H20ClNO2/c1-9-8-10(17-3)13(18-4)12(15)11(9)14(2)6-5-7-16-14/h8,16H,5-7H2,1-4H3. The summed E-state index contributed by atoms with van der Waals surface area (Å²) in [5, 5.41) is 4.20. The third-order valence-corrected chi connectivity index (χ3v) is 4.09. The molecule has 0 aromatic heterocycles. The average Bonchev–Trinajstić information content (AvgIpc) is 2.76. The molecule has 0 amide bonds. The van der Waals surface area contributed by atoms with Gasteiger partial charge in [-0.05, 0) is 50.4 Å². The fourth-order valence-corrected chi connectivity index (χ4v) is 3.38. The maximum atomic E-state index is 6.52. The summed E-state index contributed by atoms with van der Waals surface area (Å²) in [7, 11) is 3.25. The summed E-state index contributed by atoms with van der Waals surface area (Å²) < 4.78 is 10.7. The van der Waals surface area contributed by atoms with Crippen LogP contribution in [0.4, 0.5) is 0 Å². The van der Waals surface area contributed by atoms with E-state index in [1.807, 2.05) is 6.07 Å². The summed E-state index contributed by atoms with van der Waals surface area (Å²) in [5.41, 5.74) is 2.19. The Morgan fingerprint density at radius 2 is 2.06 bits per heavy atom. The molecule has 1 aliphatic heterocycles. The molecule has 18 heavy (non-hydrogen) atoms. The lowest BCUT2D eigenvalue weighted by Gasteiger charge is -2.29. The highest BCUT2D eigenvalue weighted by atomic mass is 35.5. The normalized spacial score (nSPS) is 23.2. The Balaban J connectivity index is 2.60. The zero-order chi connectivity index (χ0) is 13.3. The van der Waals surface area contributed by atoms with Gasteiger partial charge in [0.15, 0.2) is 11.5 Å². The lowest BCUT2D eigenvalue weighted by molar-refractivity contribution is 0.351. The molecule has 2 rings (SSSR count). The molecule has 1 aromatic rings. The molecule has 1 N–H and O–H groups in total. The van der Waals surface area contributed by atoms with Gasteiger partial charge in [0.1, 0.15) is 0 Å². The Morgan fingerprint density at radius 3 is 2.56 bits per heavy atom. The van der Waals surface area contributed by atoms with E-state index in [-0.39, 0.29) is 5.54 Å². The van der Waals surface area contributed by atoms with Gasteiger partial charge in [-0.15, -0.1) is 0 Å². The van der Waals surface area contributed by atoms with Crippen LogP contribution < -0.4 is 14.8 Å². The van der Waals surface area contributed by atoms with Crippen LogP contribution in [-0.2, 0) is 5.54 Å². The number of hydrogen-bond donors (Lipinski definition) is 1. The van der Waals surface area contributed by atoms with Gasteiger partial charge >= 0.3 is 0 Å². The summed E-state index contributed by atoms with van der Waals surface area (Å²) in [6, 6.07) is 1.99. The molecule has 1 saturated heterocycles. The smallest absolute Gasteiger partial charge is 0.179 e. The van der Waals surface area contributed by atoms with Gasteiger partial charge in [0.2, 0.25) is 0 Å². The van der Waals surface area contributed by atoms with Crippen molar-refractivity contribution in [3.8, 4) is 11.5 Å². The van der Waals surface area contributed by atoms with Crippen LogP contribution in [0.3, 0.4) is 0 Å². The molecule has 0 aliphatic carbocycles. The molecule has 1 aliphatic rings. The van der Waals surface area contributed by atoms with Crippen molar-refractivity contribution in [1.82, 2.24) is 5.32 Å². The van der Waals surface area contributed by atoms with Crippen LogP contribution in [0.2, 0.25) is 5.02 Å². The Kier molecular flexibility index (Phi) is 3.74. The summed E-state index contributed by atoms with van der Waals surface area (Å²) in [6.07, 6.45) is 2.25. The molecule has 1 aromatic carbocycles. The van der Waals surface area contributed by atoms with E-state index in [1.165, 1.54) is 6.42 Å². The highest BCUT2D eigenvalue weighted by Gasteiger charge is 2.35. The largest absolute Gasteiger partial charge is 0.493 e. The van der Waals surface area contributed by atoms with Crippen molar-refractivity contribution in [2.45, 2.75) is 32.2 Å². The molecule has 0 saturated carbocycles. The van der Waals surface area contributed by atoms with Gasteiger partial charge in [-0.25, -0.2) is 0 Å². The van der Waals surface area contributed by atoms with Gasteiger partial charge in [-0.2, -0.15) is 0 Å². The van der Waals surface area contributed by atoms with Crippen molar-refractivity contribution in [1.29, 1.82) is 0 Å². The third-order valence-electron chi connectivity index (χ3n) is 3.73. The number of methoxy groups -OCH3 is 2. The predicted octanol–water partition coefficient (Wildman–Crippen LogP) is 3.26. The van der Waals surface area contributed by atoms with Crippen LogP contribution >= 0.6 is 11.6 Å². The van der Waals surface area contributed by atoms with Gasteiger partial charge < -0.3 is 14.8 Å². The van der Waals surface area contributed by atoms with Crippen LogP contribution in [0.5, 0.6) is 11.5 Å². The van der Waals surface area contributed by atoms with E-state index in [2.05, 4.69) is 19.2 Å². The average molecular weight is 270 g/mol. The molecule has 3 nitrogen and oxygen atoms in total. The van der Waals surface area contributed by atoms with Gasteiger partial charge in [0.25, 0.3) is 0 Å². The van der Waals surface area contributed by atoms with Crippen molar-refractivity contribution in [3.05, 3.63) is 22.2 Å². The highest BCUT2D eigenvalue weighted by molar-refractivity contribution is 6.33. The zero-order valence-electron chi connectivity index (χ0n) is 11.4. The van der Waals surface area contributed by atoms with Crippen molar-refractivity contribution in [3.63, 3.8) is 0 Å². The number of hydrogen-bond acceptors (Lipinski definition) is 3. The Morgan fingerprint density at radius 1 is 1.33 bits per heavy atom. The first-order valence-corrected chi connectivity index (χ1v) is 6.58. The second-order valence-corrected chi connectivity index (χ2v) is 5.36. The van der Waals surface area contributed by atoms with Crippen LogP contribution in [0, 0.1) is 6.92 Å². The first kappa shape index (κ1) is 13.5. The van der Waals surface area contributed by atoms with Crippen LogP contribution in [-0.4, -0.2) is 20.8 Å². The number of benzene rings is 1. The van der Waals surface area contributed by atoms with Crippen molar-refractivity contribution >= 4 is 11.6 Å². The second-order valence-electron chi connectivity index (χ2n) is 4.98. The van der Waals surface area contributed by atoms with E-state index < -0.39 is 0 Å². The molecular formula is C14H20ClNO2. The minimum absolute atomic E-state index is 0.0687. The SMILES string of the molecule is COc1cc(C)c(C2(C)CCCN2)c(Cl)c1OC. The number of rotatable bonds is 3. The molecule has 1 fully saturated rings. The summed E-state index contributed by atoms with van der Waals surface area (Å²) in [6.45, 7) is 5.29. The summed E-state index contributed by atoms with van der Waals surface area (Å²) >= 11 is 6.52. The van der Waals surface area contributed by atoms with Crippen LogP contribution in [0.25, 0.3) is 0 Å². The van der Waals surface area contributed by atoms with E-state index >= 15 is 0 Å². The maximum absolute atomic E-state index is 6.52. The fraction of sp³-hybridized carbons (Fsp3) is 0.571. The van der Waals surface area contributed by atoms with E-state index in [0.717, 1.165) is 24.1 Å². The molecule has 0 bridgehead atoms. The number of aryl methyl sites for hydroxylation is 1. The second kappa shape index (κ2) is 4.98. The minimum Gasteiger partial charge on any atom is -0.493 e. The van der Waals surface area contributed by atoms with Gasteiger partial charge in [0, 0.05) is 5.54 Å². The Labute approximate surface area is 113 Å². The van der Waals surface area contributed by atoms with Gasteiger partial charge in [-0.1, -0.05) is 11.6 Å². The van der Waals surface area contributed by atoms with Crippen molar-refractivity contribution in [2.75, 3.05) is 20.8 Å². The summed E-state index contributed by atoms with van der Waals surface area (Å²) in [4.78, 5) is 0. The quantitative estimate of drug-likeness (QED) is 0.914. The topological polar surface area (TPSA) is 30.5 Å². The molecule has 100 valence electrons. The first-order chi connectivity index (χ1) is 8.53. The number of nitrogens with one attached hydrogen (secondary N) is 1. The lowest BCUT2D eigenvalue weighted by Crippen LogP contribution is -2.34. The Hall–Kier alpha value is -0.930. The molecule has 1 heterocycles. The molecule has 0 radical (unpaired) electrons. The van der Waals surface area contributed by atoms with Crippen LogP contribution in [0.15, 0.2) is 6.07 Å². The third kappa shape index (κ3) is 2.06. The molecule has 4 heteroatoms. The number of halogens is 1.